The number of hydrogen-bond acceptors (Lipinski definition) is 1. The van der Waals surface area contributed by atoms with Crippen LogP contribution in [0.15, 0.2) is 0 Å². The van der Waals surface area contributed by atoms with Crippen LogP contribution in [-0.2, 0) is 0 Å². The van der Waals surface area contributed by atoms with E-state index in [9.17, 15) is 11.8 Å². The third-order valence-corrected chi connectivity index (χ3v) is 136. The van der Waals surface area contributed by atoms with Gasteiger partial charge in [0.05, 0.1) is 7.59 Å². The molecule has 0 bridgehead atoms. The lowest BCUT2D eigenvalue weighted by Crippen LogP contribution is -2.85. The molecule has 0 unspecified atom stereocenters. The predicted molar refractivity (Wildman–Crippen MR) is 270 cm³/mol. The van der Waals surface area contributed by atoms with Crippen LogP contribution < -0.4 is 0 Å². The zero-order valence-electron chi connectivity index (χ0n) is 39.5. The normalized spacial score (nSPS) is 16.9. The highest BCUT2D eigenvalue weighted by Gasteiger charge is 2.78. The van der Waals surface area contributed by atoms with Gasteiger partial charge >= 0.3 is 7.99 Å². The summed E-state index contributed by atoms with van der Waals surface area (Å²) < 4.78 is 5.47. The second-order valence-corrected chi connectivity index (χ2v) is 104. The zero-order chi connectivity index (χ0) is 41.0. The summed E-state index contributed by atoms with van der Waals surface area (Å²) in [6.07, 6.45) is 0. The summed E-state index contributed by atoms with van der Waals surface area (Å²) in [5, 5.41) is 12.6. The van der Waals surface area contributed by atoms with E-state index in [0.29, 0.717) is 11.1 Å². The van der Waals surface area contributed by atoms with Crippen LogP contribution in [0.2, 0.25) is 187 Å². The van der Waals surface area contributed by atoms with Crippen LogP contribution in [0.3, 0.4) is 0 Å². The lowest BCUT2D eigenvalue weighted by molar-refractivity contribution is 0.986. The van der Waals surface area contributed by atoms with Gasteiger partial charge in [-0.25, -0.2) is 5.26 Å². The molecule has 0 amide bonds. The van der Waals surface area contributed by atoms with Gasteiger partial charge in [-0.1, -0.05) is 200 Å². The van der Waals surface area contributed by atoms with Crippen LogP contribution in [0.25, 0.3) is 4.51 Å². The van der Waals surface area contributed by atoms with Crippen LogP contribution in [0, 0.1) is 17.5 Å². The lowest BCUT2D eigenvalue weighted by Gasteiger charge is -2.65. The molecule has 0 aliphatic heterocycles. The van der Waals surface area contributed by atoms with Gasteiger partial charge in [0.1, 0.15) is 7.59 Å². The van der Waals surface area contributed by atoms with Crippen molar-refractivity contribution in [2.75, 3.05) is 0 Å². The van der Waals surface area contributed by atoms with E-state index in [1.54, 1.807) is 0 Å². The highest BCUT2D eigenvalue weighted by molar-refractivity contribution is 7.79. The Morgan fingerprint density at radius 1 is 0.400 bits per heavy atom. The molecular formula is C36H92N2Si12. The average Bonchev–Trinajstić information content (AvgIpc) is 2.73. The van der Waals surface area contributed by atoms with E-state index in [4.69, 9.17) is 4.51 Å². The van der Waals surface area contributed by atoms with Crippen LogP contribution >= 0.6 is 0 Å². The Morgan fingerprint density at radius 2 is 0.580 bits per heavy atom. The highest BCUT2D eigenvalue weighted by atomic mass is 29.8. The number of hydrogen-bond donors (Lipinski definition) is 0. The van der Waals surface area contributed by atoms with Gasteiger partial charge in [-0.05, 0) is 15.1 Å². The number of rotatable bonds is 17. The summed E-state index contributed by atoms with van der Waals surface area (Å²) in [6.45, 7) is 86.2. The van der Waals surface area contributed by atoms with Gasteiger partial charge in [0.2, 0.25) is 7.83 Å². The Balaban J connectivity index is 9.92. The molecule has 0 heterocycles. The van der Waals surface area contributed by atoms with Gasteiger partial charge in [0.25, 0.3) is 0 Å². The first-order valence-corrected chi connectivity index (χ1v) is 60.7. The van der Waals surface area contributed by atoms with E-state index in [1.165, 1.54) is 0 Å². The summed E-state index contributed by atoms with van der Waals surface area (Å²) in [5.41, 5.74) is 4.82. The summed E-state index contributed by atoms with van der Waals surface area (Å²) in [6, 6.07) is 0. The lowest BCUT2D eigenvalue weighted by atomic mass is 10.6. The second-order valence-electron chi connectivity index (χ2n) is 26.2. The quantitative estimate of drug-likeness (QED) is 0.106. The van der Waals surface area contributed by atoms with Gasteiger partial charge in [0, 0.05) is 70.3 Å². The molecule has 0 saturated carbocycles. The first-order valence-electron chi connectivity index (χ1n) is 20.3. The molecule has 50 heavy (non-hydrogen) atoms. The summed E-state index contributed by atoms with van der Waals surface area (Å²) in [7, 11) is -23.2. The van der Waals surface area contributed by atoms with Crippen LogP contribution in [0.5, 0.6) is 0 Å². The maximum absolute atomic E-state index is 12.6. The molecule has 0 aromatic heterocycles. The van der Waals surface area contributed by atoms with Crippen molar-refractivity contribution in [3.05, 3.63) is 11.1 Å². The van der Waals surface area contributed by atoms with E-state index in [-0.39, 0.29) is 0 Å². The summed E-state index contributed by atoms with van der Waals surface area (Å²) >= 11 is 0. The maximum Gasteiger partial charge on any atom is 0.390 e. The molecule has 0 rings (SSSR count). The molecule has 0 fully saturated rings. The van der Waals surface area contributed by atoms with Crippen molar-refractivity contribution < 1.29 is 0 Å². The fourth-order valence-electron chi connectivity index (χ4n) is 15.2. The second kappa shape index (κ2) is 16.2. The third kappa shape index (κ3) is 10.5. The topological polar surface area (TPSA) is 28.1 Å². The number of nitrogens with zero attached hydrogens (tertiary/aromatic N) is 2. The minimum Gasteiger partial charge on any atom is -0.422 e. The molecule has 0 aromatic carbocycles. The smallest absolute Gasteiger partial charge is 0.390 e. The van der Waals surface area contributed by atoms with Crippen molar-refractivity contribution in [2.45, 2.75) is 215 Å². The first kappa shape index (κ1) is 51.6. The molecule has 0 aromatic rings. The van der Waals surface area contributed by atoms with Crippen LogP contribution in [0.1, 0.15) is 27.7 Å². The van der Waals surface area contributed by atoms with E-state index < -0.39 is 95.6 Å². The van der Waals surface area contributed by atoms with E-state index in [2.05, 4.69) is 191 Å². The van der Waals surface area contributed by atoms with Crippen LogP contribution in [-0.4, -0.2) is 95.6 Å². The zero-order valence-corrected chi connectivity index (χ0v) is 51.8. The molecule has 2 nitrogen and oxygen atoms in total. The Morgan fingerprint density at radius 3 is 0.700 bits per heavy atom. The third-order valence-electron chi connectivity index (χ3n) is 12.6. The van der Waals surface area contributed by atoms with Crippen molar-refractivity contribution >= 4 is 95.6 Å². The molecule has 14 heteroatoms. The maximum atomic E-state index is 12.6. The fourth-order valence-corrected chi connectivity index (χ4v) is 246. The summed E-state index contributed by atoms with van der Waals surface area (Å²) in [5.74, 6) is 0. The SMILES string of the molecule is [C-]#[N+][Si@H]([Si@@H](C#N)[Si](C(C)C)(C([Si](C)(C)C)[Si](C)(C)C)C([Si](C)(C)C)[Si](C)(C)C)[Si](C(C)C)(C([Si](C)(C)C)[Si](C)(C)C)C([Si](C)(C)C)[Si](C)(C)C. The minimum atomic E-state index is -2.40. The van der Waals surface area contributed by atoms with E-state index in [1.807, 2.05) is 0 Å². The molecule has 0 aliphatic rings. The van der Waals surface area contributed by atoms with Crippen molar-refractivity contribution in [1.29, 1.82) is 5.26 Å². The molecule has 0 spiro atoms. The average molecular weight is 890 g/mol. The predicted octanol–water partition coefficient (Wildman–Crippen LogP) is 13.4. The van der Waals surface area contributed by atoms with Crippen molar-refractivity contribution in [3.8, 4) is 5.69 Å². The van der Waals surface area contributed by atoms with E-state index in [0.717, 1.165) is 19.2 Å². The van der Waals surface area contributed by atoms with Crippen molar-refractivity contribution in [3.63, 3.8) is 0 Å². The number of nitriles is 1. The van der Waals surface area contributed by atoms with E-state index >= 15 is 0 Å². The first-order chi connectivity index (χ1) is 21.5. The highest BCUT2D eigenvalue weighted by Crippen LogP contribution is 2.62. The van der Waals surface area contributed by atoms with Gasteiger partial charge in [-0.3, -0.25) is 6.57 Å². The van der Waals surface area contributed by atoms with Gasteiger partial charge < -0.3 is 4.51 Å². The molecule has 294 valence electrons. The molecule has 0 N–H and O–H groups in total. The van der Waals surface area contributed by atoms with Gasteiger partial charge in [0.15, 0.2) is 0 Å². The molecule has 2 atom stereocenters. The largest absolute Gasteiger partial charge is 0.422 e. The Kier molecular flexibility index (Phi) is 16.7. The Hall–Kier alpha value is 1.58. The molecule has 0 radical (unpaired) electrons. The van der Waals surface area contributed by atoms with Crippen LogP contribution in [0.4, 0.5) is 0 Å². The molecule has 0 saturated heterocycles. The Labute approximate surface area is 330 Å². The molecule has 0 aliphatic carbocycles. The van der Waals surface area contributed by atoms with Gasteiger partial charge in [-0.15, -0.1) is 0 Å². The molecular weight excluding hydrogens is 797 g/mol. The minimum absolute atomic E-state index is 0.593. The van der Waals surface area contributed by atoms with Gasteiger partial charge in [-0.2, -0.15) is 0 Å². The fraction of sp³-hybridized carbons (Fsp3) is 0.944. The standard InChI is InChI=1S/C36H92N2Si12/c1-31(2)49(33(41(6,7)8)42(9,10)11,34(43(12,13)14)44(15,16)17)39(30-37)40(38-5)50(32(3)4,35(45(18,19)20)46(21,22)23)36(47(24,25)26)48(27,28)29/h31-36,39-40H,1-4,6-29H3/t39-,40-/m1/s1. The Bertz CT molecular complexity index is 996. The summed E-state index contributed by atoms with van der Waals surface area (Å²) in [4.78, 5) is 3.20. The van der Waals surface area contributed by atoms with Crippen molar-refractivity contribution in [2.24, 2.45) is 0 Å². The monoisotopic (exact) mass is 888 g/mol. The van der Waals surface area contributed by atoms with Crippen molar-refractivity contribution in [1.82, 2.24) is 0 Å².